The minimum atomic E-state index is -0.172. The summed E-state index contributed by atoms with van der Waals surface area (Å²) in [7, 11) is 0. The fraction of sp³-hybridized carbons (Fsp3) is 0.391. The quantitative estimate of drug-likeness (QED) is 0.912. The Morgan fingerprint density at radius 1 is 1.00 bits per heavy atom. The van der Waals surface area contributed by atoms with Gasteiger partial charge in [-0.05, 0) is 30.4 Å². The van der Waals surface area contributed by atoms with Crippen molar-refractivity contribution in [3.63, 3.8) is 0 Å². The maximum absolute atomic E-state index is 13.2. The van der Waals surface area contributed by atoms with Gasteiger partial charge in [-0.3, -0.25) is 9.59 Å². The van der Waals surface area contributed by atoms with Gasteiger partial charge in [0.2, 0.25) is 11.8 Å². The molecule has 27 heavy (non-hydrogen) atoms. The van der Waals surface area contributed by atoms with Gasteiger partial charge in [0, 0.05) is 31.5 Å². The maximum atomic E-state index is 13.2. The number of nitrogens with zero attached hydrogens (tertiary/aromatic N) is 1. The first-order valence-electron chi connectivity index (χ1n) is 9.86. The van der Waals surface area contributed by atoms with Gasteiger partial charge in [-0.2, -0.15) is 0 Å². The number of benzene rings is 2. The summed E-state index contributed by atoms with van der Waals surface area (Å²) in [5.41, 5.74) is 2.37. The molecule has 0 bridgehead atoms. The largest absolute Gasteiger partial charge is 0.355 e. The highest BCUT2D eigenvalue weighted by Crippen LogP contribution is 2.40. The van der Waals surface area contributed by atoms with Crippen LogP contribution in [0.5, 0.6) is 0 Å². The third-order valence-electron chi connectivity index (χ3n) is 6.07. The average molecular weight is 362 g/mol. The lowest BCUT2D eigenvalue weighted by Gasteiger charge is -2.45. The van der Waals surface area contributed by atoms with Crippen LogP contribution < -0.4 is 5.32 Å². The molecule has 140 valence electrons. The molecule has 2 aliphatic rings. The van der Waals surface area contributed by atoms with Crippen molar-refractivity contribution in [1.29, 1.82) is 0 Å². The second kappa shape index (κ2) is 7.55. The molecule has 0 aliphatic carbocycles. The van der Waals surface area contributed by atoms with Crippen LogP contribution in [-0.4, -0.2) is 36.3 Å². The molecular formula is C23H26N2O2. The van der Waals surface area contributed by atoms with E-state index in [0.717, 1.165) is 19.4 Å². The molecule has 2 saturated heterocycles. The highest BCUT2D eigenvalue weighted by molar-refractivity contribution is 5.84. The van der Waals surface area contributed by atoms with Crippen LogP contribution >= 0.6 is 0 Å². The lowest BCUT2D eigenvalue weighted by Crippen LogP contribution is -2.52. The van der Waals surface area contributed by atoms with Crippen molar-refractivity contribution >= 4 is 11.8 Å². The van der Waals surface area contributed by atoms with Crippen molar-refractivity contribution in [3.8, 4) is 0 Å². The number of rotatable bonds is 3. The Morgan fingerprint density at radius 3 is 2.19 bits per heavy atom. The molecule has 0 spiro atoms. The molecule has 0 radical (unpaired) electrons. The zero-order valence-electron chi connectivity index (χ0n) is 15.6. The van der Waals surface area contributed by atoms with Crippen molar-refractivity contribution in [1.82, 2.24) is 10.2 Å². The van der Waals surface area contributed by atoms with Crippen LogP contribution in [0.15, 0.2) is 60.7 Å². The summed E-state index contributed by atoms with van der Waals surface area (Å²) in [6.45, 7) is 1.97. The van der Waals surface area contributed by atoms with E-state index in [1.54, 1.807) is 0 Å². The summed E-state index contributed by atoms with van der Waals surface area (Å²) in [5.74, 6) is 0.150. The predicted octanol–water partition coefficient (Wildman–Crippen LogP) is 3.12. The first-order chi connectivity index (χ1) is 13.2. The molecule has 0 aromatic heterocycles. The van der Waals surface area contributed by atoms with Crippen molar-refractivity contribution in [2.45, 2.75) is 31.1 Å². The second-order valence-corrected chi connectivity index (χ2v) is 7.72. The first-order valence-corrected chi connectivity index (χ1v) is 9.86. The Balaban J connectivity index is 1.64. The van der Waals surface area contributed by atoms with Crippen molar-refractivity contribution in [2.75, 3.05) is 19.6 Å². The van der Waals surface area contributed by atoms with Gasteiger partial charge in [0.25, 0.3) is 0 Å². The molecular weight excluding hydrogens is 336 g/mol. The highest BCUT2D eigenvalue weighted by atomic mass is 16.2. The highest BCUT2D eigenvalue weighted by Gasteiger charge is 2.41. The van der Waals surface area contributed by atoms with E-state index in [4.69, 9.17) is 0 Å². The van der Waals surface area contributed by atoms with E-state index in [0.29, 0.717) is 25.9 Å². The van der Waals surface area contributed by atoms with Gasteiger partial charge in [-0.1, -0.05) is 60.7 Å². The van der Waals surface area contributed by atoms with E-state index < -0.39 is 0 Å². The van der Waals surface area contributed by atoms with Crippen molar-refractivity contribution < 1.29 is 9.59 Å². The van der Waals surface area contributed by atoms with Gasteiger partial charge < -0.3 is 10.2 Å². The van der Waals surface area contributed by atoms with Crippen LogP contribution in [0, 0.1) is 5.92 Å². The van der Waals surface area contributed by atoms with Crippen LogP contribution in [-0.2, 0) is 15.0 Å². The van der Waals surface area contributed by atoms with Gasteiger partial charge >= 0.3 is 0 Å². The third kappa shape index (κ3) is 3.48. The zero-order chi connectivity index (χ0) is 18.7. The molecule has 1 atom stereocenters. The molecule has 2 amide bonds. The van der Waals surface area contributed by atoms with Crippen LogP contribution in [0.1, 0.15) is 36.8 Å². The van der Waals surface area contributed by atoms with E-state index in [1.165, 1.54) is 11.1 Å². The fourth-order valence-electron chi connectivity index (χ4n) is 4.60. The number of piperidine rings is 2. The molecule has 4 nitrogen and oxygen atoms in total. The molecule has 0 unspecified atom stereocenters. The van der Waals surface area contributed by atoms with Gasteiger partial charge in [-0.25, -0.2) is 0 Å². The summed E-state index contributed by atoms with van der Waals surface area (Å²) >= 11 is 0. The predicted molar refractivity (Wildman–Crippen MR) is 105 cm³/mol. The van der Waals surface area contributed by atoms with E-state index in [9.17, 15) is 9.59 Å². The number of hydrogen-bond acceptors (Lipinski definition) is 2. The SMILES string of the molecule is O=C1CC[C@@H](C(=O)N2CCCC(c3ccccc3)(c3ccccc3)C2)CN1. The first kappa shape index (κ1) is 17.8. The van der Waals surface area contributed by atoms with E-state index >= 15 is 0 Å². The van der Waals surface area contributed by atoms with E-state index in [2.05, 4.69) is 53.8 Å². The van der Waals surface area contributed by atoms with Crippen LogP contribution in [0.3, 0.4) is 0 Å². The smallest absolute Gasteiger partial charge is 0.227 e. The number of hydrogen-bond donors (Lipinski definition) is 1. The summed E-state index contributed by atoms with van der Waals surface area (Å²) in [6, 6.07) is 21.1. The maximum Gasteiger partial charge on any atom is 0.227 e. The Morgan fingerprint density at radius 2 is 1.63 bits per heavy atom. The standard InChI is InChI=1S/C23H26N2O2/c26-21-13-12-18(16-24-21)22(27)25-15-7-14-23(17-25,19-8-3-1-4-9-19)20-10-5-2-6-11-20/h1-6,8-11,18H,7,12-17H2,(H,24,26)/t18-/m1/s1. The topological polar surface area (TPSA) is 49.4 Å². The minimum absolute atomic E-state index is 0.0561. The Hall–Kier alpha value is -2.62. The number of likely N-dealkylation sites (tertiary alicyclic amines) is 1. The van der Waals surface area contributed by atoms with Crippen LogP contribution in [0.25, 0.3) is 0 Å². The number of nitrogens with one attached hydrogen (secondary N) is 1. The van der Waals surface area contributed by atoms with E-state index in [1.807, 2.05) is 17.0 Å². The lowest BCUT2D eigenvalue weighted by molar-refractivity contribution is -0.139. The van der Waals surface area contributed by atoms with Crippen molar-refractivity contribution in [2.24, 2.45) is 5.92 Å². The van der Waals surface area contributed by atoms with Gasteiger partial charge in [0.05, 0.1) is 5.92 Å². The number of amides is 2. The van der Waals surface area contributed by atoms with Crippen LogP contribution in [0.2, 0.25) is 0 Å². The molecule has 2 heterocycles. The minimum Gasteiger partial charge on any atom is -0.355 e. The van der Waals surface area contributed by atoms with Gasteiger partial charge in [0.15, 0.2) is 0 Å². The Kier molecular flexibility index (Phi) is 4.97. The Bertz CT molecular complexity index is 754. The lowest BCUT2D eigenvalue weighted by atomic mass is 9.69. The normalized spacial score (nSPS) is 22.1. The average Bonchev–Trinajstić information content (AvgIpc) is 2.75. The van der Waals surface area contributed by atoms with Gasteiger partial charge in [-0.15, -0.1) is 0 Å². The fourth-order valence-corrected chi connectivity index (χ4v) is 4.60. The summed E-state index contributed by atoms with van der Waals surface area (Å²) in [5, 5.41) is 2.85. The zero-order valence-corrected chi connectivity index (χ0v) is 15.6. The summed E-state index contributed by atoms with van der Waals surface area (Å²) in [6.07, 6.45) is 3.12. The van der Waals surface area contributed by atoms with Crippen LogP contribution in [0.4, 0.5) is 0 Å². The van der Waals surface area contributed by atoms with Gasteiger partial charge in [0.1, 0.15) is 0 Å². The molecule has 2 fully saturated rings. The monoisotopic (exact) mass is 362 g/mol. The molecule has 4 heteroatoms. The number of carbonyl (C=O) groups is 2. The molecule has 2 aliphatic heterocycles. The molecule has 0 saturated carbocycles. The summed E-state index contributed by atoms with van der Waals surface area (Å²) < 4.78 is 0. The van der Waals surface area contributed by atoms with Crippen molar-refractivity contribution in [3.05, 3.63) is 71.8 Å². The molecule has 1 N–H and O–H groups in total. The summed E-state index contributed by atoms with van der Waals surface area (Å²) in [4.78, 5) is 26.7. The second-order valence-electron chi connectivity index (χ2n) is 7.72. The van der Waals surface area contributed by atoms with E-state index in [-0.39, 0.29) is 23.1 Å². The Labute approximate surface area is 160 Å². The third-order valence-corrected chi connectivity index (χ3v) is 6.07. The molecule has 2 aromatic rings. The number of carbonyl (C=O) groups excluding carboxylic acids is 2. The molecule has 2 aromatic carbocycles. The molecule has 4 rings (SSSR count).